The number of nitrogens with one attached hydrogen (secondary N) is 1. The molecule has 1 aliphatic rings. The van der Waals surface area contributed by atoms with Crippen molar-refractivity contribution in [2.24, 2.45) is 5.73 Å². The van der Waals surface area contributed by atoms with E-state index in [0.29, 0.717) is 11.1 Å². The number of fused-ring (bicyclic) bond motifs is 3. The molecule has 1 amide bonds. The van der Waals surface area contributed by atoms with E-state index in [0.717, 1.165) is 31.1 Å². The predicted octanol–water partition coefficient (Wildman–Crippen LogP) is 1.95. The van der Waals surface area contributed by atoms with Gasteiger partial charge >= 0.3 is 0 Å². The summed E-state index contributed by atoms with van der Waals surface area (Å²) in [5, 5.41) is 3.77. The highest BCUT2D eigenvalue weighted by molar-refractivity contribution is 6.01. The van der Waals surface area contributed by atoms with E-state index in [1.165, 1.54) is 10.9 Å². The Balaban J connectivity index is 0.00000196. The fourth-order valence-corrected chi connectivity index (χ4v) is 3.42. The van der Waals surface area contributed by atoms with Crippen LogP contribution in [-0.2, 0) is 11.3 Å². The molecule has 138 valence electrons. The third-order valence-electron chi connectivity index (χ3n) is 4.80. The third-order valence-corrected chi connectivity index (χ3v) is 4.80. The molecule has 0 spiro atoms. The molecule has 1 aliphatic carbocycles. The molecule has 1 fully saturated rings. The molecular formula is C18H21ClN4O3. The number of carbonyl (C=O) groups is 1. The van der Waals surface area contributed by atoms with Gasteiger partial charge in [0.05, 0.1) is 6.33 Å². The van der Waals surface area contributed by atoms with Gasteiger partial charge in [0.2, 0.25) is 11.5 Å². The Morgan fingerprint density at radius 3 is 2.77 bits per heavy atom. The van der Waals surface area contributed by atoms with E-state index < -0.39 is 0 Å². The number of aromatic nitrogens is 2. The fraction of sp³-hybridized carbons (Fsp3) is 0.389. The molecule has 26 heavy (non-hydrogen) atoms. The molecule has 2 aromatic heterocycles. The summed E-state index contributed by atoms with van der Waals surface area (Å²) in [5.74, 6) is -0.195. The first-order valence-electron chi connectivity index (χ1n) is 8.53. The Bertz CT molecular complexity index is 989. The minimum Gasteiger partial charge on any atom is -0.448 e. The summed E-state index contributed by atoms with van der Waals surface area (Å²) in [6.07, 6.45) is 4.99. The lowest BCUT2D eigenvalue weighted by atomic mass is 9.92. The molecule has 0 radical (unpaired) electrons. The fourth-order valence-electron chi connectivity index (χ4n) is 3.42. The molecule has 0 bridgehead atoms. The van der Waals surface area contributed by atoms with Crippen molar-refractivity contribution < 1.29 is 9.21 Å². The van der Waals surface area contributed by atoms with Crippen LogP contribution in [0.1, 0.15) is 25.7 Å². The van der Waals surface area contributed by atoms with Crippen LogP contribution in [-0.4, -0.2) is 27.5 Å². The van der Waals surface area contributed by atoms with Gasteiger partial charge in [0.25, 0.3) is 5.56 Å². The Morgan fingerprint density at radius 2 is 2.00 bits per heavy atom. The first kappa shape index (κ1) is 18.4. The van der Waals surface area contributed by atoms with Gasteiger partial charge in [0.1, 0.15) is 17.6 Å². The summed E-state index contributed by atoms with van der Waals surface area (Å²) >= 11 is 0. The standard InChI is InChI=1S/C18H20N4O3.ClH/c19-11-5-7-12(8-6-11)21-15(23)9-22-10-20-16-13-3-1-2-4-14(13)25-17(16)18(22)24;/h1-4,10-12H,5-9,19H2,(H,21,23);1H. The molecule has 2 heterocycles. The van der Waals surface area contributed by atoms with E-state index in [2.05, 4.69) is 10.3 Å². The number of amides is 1. The van der Waals surface area contributed by atoms with Crippen LogP contribution in [0.2, 0.25) is 0 Å². The van der Waals surface area contributed by atoms with E-state index in [9.17, 15) is 9.59 Å². The van der Waals surface area contributed by atoms with E-state index in [1.54, 1.807) is 6.07 Å². The first-order chi connectivity index (χ1) is 12.1. The van der Waals surface area contributed by atoms with Crippen LogP contribution >= 0.6 is 12.4 Å². The summed E-state index contributed by atoms with van der Waals surface area (Å²) in [7, 11) is 0. The van der Waals surface area contributed by atoms with Crippen molar-refractivity contribution in [3.05, 3.63) is 40.9 Å². The van der Waals surface area contributed by atoms with Crippen molar-refractivity contribution in [3.63, 3.8) is 0 Å². The minimum atomic E-state index is -0.345. The van der Waals surface area contributed by atoms with Crippen molar-refractivity contribution in [3.8, 4) is 0 Å². The van der Waals surface area contributed by atoms with Crippen LogP contribution in [0.3, 0.4) is 0 Å². The highest BCUT2D eigenvalue weighted by Crippen LogP contribution is 2.24. The average molecular weight is 377 g/mol. The molecular weight excluding hydrogens is 356 g/mol. The summed E-state index contributed by atoms with van der Waals surface area (Å²) in [6, 6.07) is 7.72. The average Bonchev–Trinajstić information content (AvgIpc) is 2.99. The number of nitrogens with two attached hydrogens (primary N) is 1. The van der Waals surface area contributed by atoms with E-state index >= 15 is 0 Å². The zero-order chi connectivity index (χ0) is 17.4. The molecule has 0 atom stereocenters. The Kier molecular flexibility index (Phi) is 5.29. The molecule has 0 saturated heterocycles. The van der Waals surface area contributed by atoms with E-state index in [-0.39, 0.29) is 48.1 Å². The maximum atomic E-state index is 12.6. The highest BCUT2D eigenvalue weighted by atomic mass is 35.5. The second-order valence-corrected chi connectivity index (χ2v) is 6.63. The van der Waals surface area contributed by atoms with E-state index in [4.69, 9.17) is 10.2 Å². The molecule has 1 saturated carbocycles. The third kappa shape index (κ3) is 3.45. The maximum Gasteiger partial charge on any atom is 0.297 e. The molecule has 0 unspecified atom stereocenters. The lowest BCUT2D eigenvalue weighted by molar-refractivity contribution is -0.122. The topological polar surface area (TPSA) is 103 Å². The Morgan fingerprint density at radius 1 is 1.27 bits per heavy atom. The maximum absolute atomic E-state index is 12.6. The number of hydrogen-bond acceptors (Lipinski definition) is 5. The summed E-state index contributed by atoms with van der Waals surface area (Å²) < 4.78 is 6.91. The van der Waals surface area contributed by atoms with Crippen molar-refractivity contribution >= 4 is 40.4 Å². The van der Waals surface area contributed by atoms with Crippen LogP contribution in [0.25, 0.3) is 22.1 Å². The van der Waals surface area contributed by atoms with Gasteiger partial charge in [-0.2, -0.15) is 0 Å². The quantitative estimate of drug-likeness (QED) is 0.727. The molecule has 4 rings (SSSR count). The van der Waals surface area contributed by atoms with Crippen LogP contribution in [0.4, 0.5) is 0 Å². The lowest BCUT2D eigenvalue weighted by Gasteiger charge is -2.26. The van der Waals surface area contributed by atoms with Crippen molar-refractivity contribution in [1.82, 2.24) is 14.9 Å². The van der Waals surface area contributed by atoms with Gasteiger partial charge in [-0.05, 0) is 37.8 Å². The van der Waals surface area contributed by atoms with Crippen LogP contribution in [0.5, 0.6) is 0 Å². The highest BCUT2D eigenvalue weighted by Gasteiger charge is 2.21. The van der Waals surface area contributed by atoms with Gasteiger partial charge in [-0.1, -0.05) is 12.1 Å². The summed E-state index contributed by atoms with van der Waals surface area (Å²) in [5.41, 5.74) is 6.85. The normalized spacial score (nSPS) is 20.0. The zero-order valence-corrected chi connectivity index (χ0v) is 15.0. The number of rotatable bonds is 3. The minimum absolute atomic E-state index is 0. The van der Waals surface area contributed by atoms with Gasteiger partial charge in [-0.25, -0.2) is 4.98 Å². The van der Waals surface area contributed by atoms with Gasteiger partial charge in [0, 0.05) is 17.5 Å². The summed E-state index contributed by atoms with van der Waals surface area (Å²) in [4.78, 5) is 29.2. The van der Waals surface area contributed by atoms with Gasteiger partial charge in [-0.3, -0.25) is 14.2 Å². The smallest absolute Gasteiger partial charge is 0.297 e. The van der Waals surface area contributed by atoms with Crippen molar-refractivity contribution in [2.75, 3.05) is 0 Å². The largest absolute Gasteiger partial charge is 0.448 e. The molecule has 8 heteroatoms. The number of halogens is 1. The van der Waals surface area contributed by atoms with Gasteiger partial charge in [0.15, 0.2) is 0 Å². The number of benzene rings is 1. The molecule has 3 aromatic rings. The SMILES string of the molecule is Cl.NC1CCC(NC(=O)Cn2cnc3c(oc4ccccc43)c2=O)CC1. The van der Waals surface area contributed by atoms with Gasteiger partial charge < -0.3 is 15.5 Å². The molecule has 1 aromatic carbocycles. The Hall–Kier alpha value is -2.38. The Labute approximate surface area is 156 Å². The molecule has 3 N–H and O–H groups in total. The molecule has 7 nitrogen and oxygen atoms in total. The van der Waals surface area contributed by atoms with E-state index in [1.807, 2.05) is 18.2 Å². The number of furan rings is 1. The lowest BCUT2D eigenvalue weighted by Crippen LogP contribution is -2.42. The van der Waals surface area contributed by atoms with Gasteiger partial charge in [-0.15, -0.1) is 12.4 Å². The van der Waals surface area contributed by atoms with Crippen molar-refractivity contribution in [2.45, 2.75) is 44.3 Å². The number of para-hydroxylation sites is 1. The van der Waals surface area contributed by atoms with Crippen LogP contribution in [0, 0.1) is 0 Å². The second kappa shape index (κ2) is 7.47. The van der Waals surface area contributed by atoms with Crippen molar-refractivity contribution in [1.29, 1.82) is 0 Å². The molecule has 0 aliphatic heterocycles. The summed E-state index contributed by atoms with van der Waals surface area (Å²) in [6.45, 7) is -0.0681. The van der Waals surface area contributed by atoms with Crippen LogP contribution in [0.15, 0.2) is 39.8 Å². The zero-order valence-electron chi connectivity index (χ0n) is 14.2. The second-order valence-electron chi connectivity index (χ2n) is 6.63. The monoisotopic (exact) mass is 376 g/mol. The number of carbonyl (C=O) groups excluding carboxylic acids is 1. The predicted molar refractivity (Wildman–Crippen MR) is 101 cm³/mol. The number of nitrogens with zero attached hydrogens (tertiary/aromatic N) is 2. The number of hydrogen-bond donors (Lipinski definition) is 2. The first-order valence-corrected chi connectivity index (χ1v) is 8.53. The van der Waals surface area contributed by atoms with Crippen LogP contribution < -0.4 is 16.6 Å².